The summed E-state index contributed by atoms with van der Waals surface area (Å²) in [6.07, 6.45) is 1.84. The van der Waals surface area contributed by atoms with E-state index in [9.17, 15) is 0 Å². The molecule has 0 fully saturated rings. The van der Waals surface area contributed by atoms with Gasteiger partial charge < -0.3 is 15.0 Å². The van der Waals surface area contributed by atoms with Crippen molar-refractivity contribution in [2.45, 2.75) is 6.54 Å². The largest absolute Gasteiger partial charge is 0.496 e. The number of methoxy groups -OCH3 is 1. The van der Waals surface area contributed by atoms with Crippen LogP contribution < -0.4 is 15.0 Å². The van der Waals surface area contributed by atoms with Crippen LogP contribution in [-0.2, 0) is 6.54 Å². The Kier molecular flexibility index (Phi) is 4.84. The fourth-order valence-electron chi connectivity index (χ4n) is 1.78. The van der Waals surface area contributed by atoms with Gasteiger partial charge in [-0.05, 0) is 45.8 Å². The summed E-state index contributed by atoms with van der Waals surface area (Å²) in [6, 6.07) is 10.1. The number of benzene rings is 1. The summed E-state index contributed by atoms with van der Waals surface area (Å²) in [5, 5.41) is 3.35. The van der Waals surface area contributed by atoms with E-state index in [-0.39, 0.29) is 0 Å². The Balaban J connectivity index is 1.99. The van der Waals surface area contributed by atoms with E-state index in [1.165, 1.54) is 5.56 Å². The summed E-state index contributed by atoms with van der Waals surface area (Å²) in [7, 11) is 5.62. The molecular weight excluding hydrogens is 318 g/mol. The number of rotatable bonds is 5. The lowest BCUT2D eigenvalue weighted by Gasteiger charge is -2.12. The lowest BCUT2D eigenvalue weighted by atomic mass is 10.2. The molecule has 0 bridgehead atoms. The van der Waals surface area contributed by atoms with Gasteiger partial charge in [0.15, 0.2) is 0 Å². The van der Waals surface area contributed by atoms with E-state index in [1.54, 1.807) is 7.11 Å². The molecule has 2 aromatic rings. The Hall–Kier alpha value is -1.75. The summed E-state index contributed by atoms with van der Waals surface area (Å²) in [5.74, 6) is 1.79. The van der Waals surface area contributed by atoms with Gasteiger partial charge in [-0.1, -0.05) is 6.07 Å². The second-order valence-electron chi connectivity index (χ2n) is 4.62. The van der Waals surface area contributed by atoms with Crippen molar-refractivity contribution < 1.29 is 4.74 Å². The minimum atomic E-state index is 0.742. The quantitative estimate of drug-likeness (QED) is 0.906. The monoisotopic (exact) mass is 335 g/mol. The molecule has 0 amide bonds. The van der Waals surface area contributed by atoms with Crippen LogP contribution >= 0.6 is 15.9 Å². The maximum Gasteiger partial charge on any atom is 0.133 e. The smallest absolute Gasteiger partial charge is 0.133 e. The van der Waals surface area contributed by atoms with Gasteiger partial charge in [0.2, 0.25) is 0 Å². The lowest BCUT2D eigenvalue weighted by Crippen LogP contribution is -2.10. The lowest BCUT2D eigenvalue weighted by molar-refractivity contribution is 0.412. The van der Waals surface area contributed by atoms with Crippen LogP contribution in [-0.4, -0.2) is 26.2 Å². The Morgan fingerprint density at radius 3 is 2.60 bits per heavy atom. The van der Waals surface area contributed by atoms with Crippen LogP contribution in [0.25, 0.3) is 0 Å². The zero-order valence-corrected chi connectivity index (χ0v) is 13.4. The van der Waals surface area contributed by atoms with Crippen molar-refractivity contribution in [3.8, 4) is 5.75 Å². The maximum atomic E-state index is 5.22. The molecule has 0 aliphatic heterocycles. The first-order valence-corrected chi connectivity index (χ1v) is 7.09. The van der Waals surface area contributed by atoms with Gasteiger partial charge in [-0.25, -0.2) is 4.98 Å². The molecule has 0 radical (unpaired) electrons. The summed E-state index contributed by atoms with van der Waals surface area (Å²) >= 11 is 3.49. The van der Waals surface area contributed by atoms with Crippen molar-refractivity contribution >= 4 is 27.4 Å². The number of nitrogens with one attached hydrogen (secondary N) is 1. The first-order valence-electron chi connectivity index (χ1n) is 6.30. The molecule has 0 aliphatic rings. The number of anilines is 2. The molecule has 5 heteroatoms. The molecule has 4 nitrogen and oxygen atoms in total. The number of hydrogen-bond acceptors (Lipinski definition) is 4. The SMILES string of the molecule is COc1ccc(CNc2ccc(N(C)C)nc2)cc1Br. The molecule has 1 heterocycles. The summed E-state index contributed by atoms with van der Waals surface area (Å²) in [5.41, 5.74) is 2.18. The van der Waals surface area contributed by atoms with Gasteiger partial charge in [-0.15, -0.1) is 0 Å². The van der Waals surface area contributed by atoms with Gasteiger partial charge >= 0.3 is 0 Å². The van der Waals surface area contributed by atoms with E-state index in [0.29, 0.717) is 0 Å². The molecule has 0 spiro atoms. The van der Waals surface area contributed by atoms with Crippen molar-refractivity contribution in [3.05, 3.63) is 46.6 Å². The van der Waals surface area contributed by atoms with E-state index >= 15 is 0 Å². The Morgan fingerprint density at radius 1 is 1.25 bits per heavy atom. The predicted molar refractivity (Wildman–Crippen MR) is 86.6 cm³/mol. The van der Waals surface area contributed by atoms with Crippen molar-refractivity contribution in [1.82, 2.24) is 4.98 Å². The van der Waals surface area contributed by atoms with Crippen molar-refractivity contribution in [2.24, 2.45) is 0 Å². The molecule has 0 aliphatic carbocycles. The van der Waals surface area contributed by atoms with E-state index in [4.69, 9.17) is 4.74 Å². The zero-order valence-electron chi connectivity index (χ0n) is 11.9. The molecule has 0 saturated carbocycles. The van der Waals surface area contributed by atoms with E-state index in [1.807, 2.05) is 55.5 Å². The predicted octanol–water partition coefficient (Wildman–Crippen LogP) is 3.53. The van der Waals surface area contributed by atoms with Crippen LogP contribution in [0.5, 0.6) is 5.75 Å². The van der Waals surface area contributed by atoms with Gasteiger partial charge in [0.25, 0.3) is 0 Å². The highest BCUT2D eigenvalue weighted by atomic mass is 79.9. The van der Waals surface area contributed by atoms with E-state index in [0.717, 1.165) is 28.3 Å². The molecule has 1 aromatic heterocycles. The Labute approximate surface area is 127 Å². The van der Waals surface area contributed by atoms with Crippen LogP contribution in [0.2, 0.25) is 0 Å². The Morgan fingerprint density at radius 2 is 2.05 bits per heavy atom. The molecule has 1 N–H and O–H groups in total. The second-order valence-corrected chi connectivity index (χ2v) is 5.48. The highest BCUT2D eigenvalue weighted by Gasteiger charge is 2.02. The number of pyridine rings is 1. The topological polar surface area (TPSA) is 37.4 Å². The molecule has 1 aromatic carbocycles. The highest BCUT2D eigenvalue weighted by molar-refractivity contribution is 9.10. The number of halogens is 1. The first-order chi connectivity index (χ1) is 9.60. The molecular formula is C15H18BrN3O. The number of ether oxygens (including phenoxy) is 1. The van der Waals surface area contributed by atoms with Gasteiger partial charge in [-0.2, -0.15) is 0 Å². The second kappa shape index (κ2) is 6.61. The van der Waals surface area contributed by atoms with Gasteiger partial charge in [-0.3, -0.25) is 0 Å². The summed E-state index contributed by atoms with van der Waals surface area (Å²) < 4.78 is 6.18. The molecule has 20 heavy (non-hydrogen) atoms. The fourth-order valence-corrected chi connectivity index (χ4v) is 2.37. The van der Waals surface area contributed by atoms with Crippen LogP contribution in [0.1, 0.15) is 5.56 Å². The average Bonchev–Trinajstić information content (AvgIpc) is 2.45. The standard InChI is InChI=1S/C15H18BrN3O/c1-19(2)15-7-5-12(10-18-15)17-9-11-4-6-14(20-3)13(16)8-11/h4-8,10,17H,9H2,1-3H3. The molecule has 106 valence electrons. The number of nitrogens with zero attached hydrogens (tertiary/aromatic N) is 2. The van der Waals surface area contributed by atoms with Crippen LogP contribution in [0, 0.1) is 0 Å². The van der Waals surface area contributed by atoms with Gasteiger partial charge in [0.1, 0.15) is 11.6 Å². The molecule has 0 atom stereocenters. The van der Waals surface area contributed by atoms with E-state index in [2.05, 4.69) is 26.2 Å². The maximum absolute atomic E-state index is 5.22. The summed E-state index contributed by atoms with van der Waals surface area (Å²) in [6.45, 7) is 0.742. The number of hydrogen-bond donors (Lipinski definition) is 1. The normalized spacial score (nSPS) is 10.2. The Bertz CT molecular complexity index is 570. The third kappa shape index (κ3) is 3.63. The third-order valence-corrected chi connectivity index (χ3v) is 3.54. The van der Waals surface area contributed by atoms with Gasteiger partial charge in [0.05, 0.1) is 23.5 Å². The molecule has 0 unspecified atom stereocenters. The summed E-state index contributed by atoms with van der Waals surface area (Å²) in [4.78, 5) is 6.35. The third-order valence-electron chi connectivity index (χ3n) is 2.92. The zero-order chi connectivity index (χ0) is 14.5. The average molecular weight is 336 g/mol. The van der Waals surface area contributed by atoms with Crippen LogP contribution in [0.3, 0.4) is 0 Å². The van der Waals surface area contributed by atoms with Crippen LogP contribution in [0.4, 0.5) is 11.5 Å². The minimum Gasteiger partial charge on any atom is -0.496 e. The highest BCUT2D eigenvalue weighted by Crippen LogP contribution is 2.25. The van der Waals surface area contributed by atoms with Crippen LogP contribution in [0.15, 0.2) is 41.0 Å². The molecule has 2 rings (SSSR count). The number of aromatic nitrogens is 1. The molecule has 0 saturated heterocycles. The van der Waals surface area contributed by atoms with Crippen molar-refractivity contribution in [1.29, 1.82) is 0 Å². The minimum absolute atomic E-state index is 0.742. The fraction of sp³-hybridized carbons (Fsp3) is 0.267. The van der Waals surface area contributed by atoms with Crippen molar-refractivity contribution in [2.75, 3.05) is 31.4 Å². The van der Waals surface area contributed by atoms with Gasteiger partial charge in [0, 0.05) is 20.6 Å². The van der Waals surface area contributed by atoms with E-state index < -0.39 is 0 Å². The van der Waals surface area contributed by atoms with Crippen molar-refractivity contribution in [3.63, 3.8) is 0 Å². The first kappa shape index (κ1) is 14.7.